The Bertz CT molecular complexity index is 703. The minimum absolute atomic E-state index is 0.113. The van der Waals surface area contributed by atoms with Crippen LogP contribution >= 0.6 is 0 Å². The van der Waals surface area contributed by atoms with Crippen molar-refractivity contribution in [1.29, 1.82) is 0 Å². The first-order valence-corrected chi connectivity index (χ1v) is 8.08. The van der Waals surface area contributed by atoms with Crippen LogP contribution in [0.15, 0.2) is 36.4 Å². The summed E-state index contributed by atoms with van der Waals surface area (Å²) in [4.78, 5) is 12.6. The molecule has 4 heteroatoms. The zero-order chi connectivity index (χ0) is 17.7. The Morgan fingerprint density at radius 2 is 1.79 bits per heavy atom. The van der Waals surface area contributed by atoms with Gasteiger partial charge in [-0.2, -0.15) is 0 Å². The van der Waals surface area contributed by atoms with Crippen LogP contribution in [-0.4, -0.2) is 19.1 Å². The van der Waals surface area contributed by atoms with E-state index in [9.17, 15) is 4.79 Å². The van der Waals surface area contributed by atoms with Crippen LogP contribution in [0.5, 0.6) is 5.75 Å². The molecular weight excluding hydrogens is 302 g/mol. The van der Waals surface area contributed by atoms with Crippen LogP contribution in [0.2, 0.25) is 0 Å². The lowest BCUT2D eigenvalue weighted by molar-refractivity contribution is 0.0644. The second-order valence-corrected chi connectivity index (χ2v) is 6.11. The van der Waals surface area contributed by atoms with Crippen molar-refractivity contribution in [3.8, 4) is 5.75 Å². The van der Waals surface area contributed by atoms with Gasteiger partial charge in [-0.05, 0) is 57.0 Å². The van der Waals surface area contributed by atoms with E-state index < -0.39 is 0 Å². The number of anilines is 1. The summed E-state index contributed by atoms with van der Waals surface area (Å²) in [5.74, 6) is 0.583. The summed E-state index contributed by atoms with van der Waals surface area (Å²) in [6.45, 7) is 8.33. The maximum absolute atomic E-state index is 12.6. The quantitative estimate of drug-likeness (QED) is 0.850. The smallest absolute Gasteiger partial charge is 0.255 e. The Labute approximate surface area is 143 Å². The van der Waals surface area contributed by atoms with Gasteiger partial charge in [0.15, 0.2) is 0 Å². The highest BCUT2D eigenvalue weighted by molar-refractivity contribution is 6.05. The van der Waals surface area contributed by atoms with Gasteiger partial charge in [0.05, 0.1) is 19.8 Å². The third-order valence-corrected chi connectivity index (χ3v) is 3.83. The summed E-state index contributed by atoms with van der Waals surface area (Å²) in [7, 11) is 1.62. The number of amides is 1. The molecule has 2 rings (SSSR count). The summed E-state index contributed by atoms with van der Waals surface area (Å²) in [5, 5.41) is 3.00. The Hall–Kier alpha value is -2.33. The van der Waals surface area contributed by atoms with Gasteiger partial charge in [-0.25, -0.2) is 0 Å². The molecule has 0 radical (unpaired) electrons. The fourth-order valence-electron chi connectivity index (χ4n) is 2.49. The topological polar surface area (TPSA) is 47.6 Å². The number of hydrogen-bond acceptors (Lipinski definition) is 3. The van der Waals surface area contributed by atoms with Crippen molar-refractivity contribution in [3.63, 3.8) is 0 Å². The van der Waals surface area contributed by atoms with Crippen molar-refractivity contribution in [1.82, 2.24) is 0 Å². The van der Waals surface area contributed by atoms with Gasteiger partial charge in [0.1, 0.15) is 5.75 Å². The first-order valence-electron chi connectivity index (χ1n) is 8.08. The summed E-state index contributed by atoms with van der Waals surface area (Å²) in [5.41, 5.74) is 4.39. The third kappa shape index (κ3) is 4.36. The molecule has 1 N–H and O–H groups in total. The molecule has 128 valence electrons. The first kappa shape index (κ1) is 18.0. The van der Waals surface area contributed by atoms with E-state index in [1.165, 1.54) is 0 Å². The predicted octanol–water partition coefficient (Wildman–Crippen LogP) is 4.49. The van der Waals surface area contributed by atoms with E-state index in [1.54, 1.807) is 19.2 Å². The Morgan fingerprint density at radius 3 is 2.38 bits per heavy atom. The van der Waals surface area contributed by atoms with Crippen molar-refractivity contribution in [3.05, 3.63) is 58.7 Å². The van der Waals surface area contributed by atoms with Gasteiger partial charge in [-0.1, -0.05) is 18.2 Å². The molecule has 0 aliphatic carbocycles. The van der Waals surface area contributed by atoms with Gasteiger partial charge in [0.2, 0.25) is 0 Å². The number of carbonyl (C=O) groups excluding carboxylic acids is 1. The summed E-state index contributed by atoms with van der Waals surface area (Å²) in [6, 6.07) is 11.3. The number of hydrogen-bond donors (Lipinski definition) is 1. The van der Waals surface area contributed by atoms with Crippen LogP contribution < -0.4 is 10.1 Å². The van der Waals surface area contributed by atoms with Crippen molar-refractivity contribution in [2.45, 2.75) is 40.4 Å². The number of nitrogens with one attached hydrogen (secondary N) is 1. The first-order chi connectivity index (χ1) is 11.4. The van der Waals surface area contributed by atoms with E-state index in [-0.39, 0.29) is 12.0 Å². The van der Waals surface area contributed by atoms with Crippen LogP contribution in [0, 0.1) is 13.8 Å². The van der Waals surface area contributed by atoms with Crippen molar-refractivity contribution >= 4 is 11.6 Å². The van der Waals surface area contributed by atoms with Gasteiger partial charge in [0, 0.05) is 16.8 Å². The molecule has 0 atom stereocenters. The maximum atomic E-state index is 12.6. The molecule has 0 aliphatic rings. The standard InChI is InChI=1S/C20H25NO3/c1-13(2)24-12-17-11-16(9-10-18(17)23-5)20(22)21-19-14(3)7-6-8-15(19)4/h6-11,13H,12H2,1-5H3,(H,21,22). The second kappa shape index (κ2) is 7.97. The third-order valence-electron chi connectivity index (χ3n) is 3.83. The Morgan fingerprint density at radius 1 is 1.12 bits per heavy atom. The molecule has 2 aromatic carbocycles. The molecule has 0 unspecified atom stereocenters. The summed E-state index contributed by atoms with van der Waals surface area (Å²) < 4.78 is 11.0. The number of ether oxygens (including phenoxy) is 2. The Kier molecular flexibility index (Phi) is 5.99. The molecule has 2 aromatic rings. The molecule has 0 spiro atoms. The molecule has 0 aliphatic heterocycles. The van der Waals surface area contributed by atoms with E-state index in [1.807, 2.05) is 52.0 Å². The zero-order valence-corrected chi connectivity index (χ0v) is 15.0. The molecular formula is C20H25NO3. The van der Waals surface area contributed by atoms with Gasteiger partial charge >= 0.3 is 0 Å². The number of para-hydroxylation sites is 1. The van der Waals surface area contributed by atoms with Gasteiger partial charge in [-0.3, -0.25) is 4.79 Å². The number of rotatable bonds is 6. The average molecular weight is 327 g/mol. The predicted molar refractivity (Wildman–Crippen MR) is 96.8 cm³/mol. The molecule has 0 fully saturated rings. The molecule has 4 nitrogen and oxygen atoms in total. The lowest BCUT2D eigenvalue weighted by Crippen LogP contribution is -2.14. The van der Waals surface area contributed by atoms with Crippen LogP contribution in [0.4, 0.5) is 5.69 Å². The van der Waals surface area contributed by atoms with Crippen LogP contribution in [0.3, 0.4) is 0 Å². The van der Waals surface area contributed by atoms with Crippen molar-refractivity contribution < 1.29 is 14.3 Å². The molecule has 0 saturated heterocycles. The minimum Gasteiger partial charge on any atom is -0.496 e. The molecule has 0 aromatic heterocycles. The maximum Gasteiger partial charge on any atom is 0.255 e. The van der Waals surface area contributed by atoms with Gasteiger partial charge < -0.3 is 14.8 Å². The fraction of sp³-hybridized carbons (Fsp3) is 0.350. The summed E-state index contributed by atoms with van der Waals surface area (Å²) in [6.07, 6.45) is 0.113. The molecule has 24 heavy (non-hydrogen) atoms. The van der Waals surface area contributed by atoms with E-state index in [4.69, 9.17) is 9.47 Å². The highest BCUT2D eigenvalue weighted by atomic mass is 16.5. The zero-order valence-electron chi connectivity index (χ0n) is 15.0. The second-order valence-electron chi connectivity index (χ2n) is 6.11. The van der Waals surface area contributed by atoms with Crippen LogP contribution in [0.1, 0.15) is 40.9 Å². The van der Waals surface area contributed by atoms with Crippen molar-refractivity contribution in [2.24, 2.45) is 0 Å². The van der Waals surface area contributed by atoms with Gasteiger partial charge in [0.25, 0.3) is 5.91 Å². The van der Waals surface area contributed by atoms with Crippen LogP contribution in [0.25, 0.3) is 0 Å². The average Bonchev–Trinajstić information content (AvgIpc) is 2.55. The molecule has 1 amide bonds. The van der Waals surface area contributed by atoms with E-state index >= 15 is 0 Å². The van der Waals surface area contributed by atoms with E-state index in [0.717, 1.165) is 28.1 Å². The highest BCUT2D eigenvalue weighted by Gasteiger charge is 2.13. The molecule has 0 saturated carbocycles. The number of benzene rings is 2. The SMILES string of the molecule is COc1ccc(C(=O)Nc2c(C)cccc2C)cc1COC(C)C. The largest absolute Gasteiger partial charge is 0.496 e. The lowest BCUT2D eigenvalue weighted by Gasteiger charge is -2.14. The molecule has 0 bridgehead atoms. The minimum atomic E-state index is -0.138. The number of carbonyl (C=O) groups is 1. The summed E-state index contributed by atoms with van der Waals surface area (Å²) >= 11 is 0. The lowest BCUT2D eigenvalue weighted by atomic mass is 10.1. The van der Waals surface area contributed by atoms with E-state index in [0.29, 0.717) is 12.2 Å². The normalized spacial score (nSPS) is 10.8. The van der Waals surface area contributed by atoms with E-state index in [2.05, 4.69) is 5.32 Å². The Balaban J connectivity index is 2.24. The fourth-order valence-corrected chi connectivity index (χ4v) is 2.49. The van der Waals surface area contributed by atoms with Crippen LogP contribution in [-0.2, 0) is 11.3 Å². The van der Waals surface area contributed by atoms with Crippen molar-refractivity contribution in [2.75, 3.05) is 12.4 Å². The number of aryl methyl sites for hydroxylation is 2. The highest BCUT2D eigenvalue weighted by Crippen LogP contribution is 2.24. The molecule has 0 heterocycles. The monoisotopic (exact) mass is 327 g/mol. The number of methoxy groups -OCH3 is 1. The van der Waals surface area contributed by atoms with Gasteiger partial charge in [-0.15, -0.1) is 0 Å².